The summed E-state index contributed by atoms with van der Waals surface area (Å²) in [5, 5.41) is 0.323. The number of halogens is 3. The van der Waals surface area contributed by atoms with Crippen molar-refractivity contribution in [2.24, 2.45) is 5.92 Å². The monoisotopic (exact) mass is 603 g/mol. The molecule has 2 aromatic rings. The van der Waals surface area contributed by atoms with Crippen molar-refractivity contribution in [2.75, 3.05) is 38.3 Å². The van der Waals surface area contributed by atoms with E-state index in [0.29, 0.717) is 5.02 Å². The summed E-state index contributed by atoms with van der Waals surface area (Å²) < 4.78 is 95.2. The van der Waals surface area contributed by atoms with Crippen LogP contribution in [-0.4, -0.2) is 71.7 Å². The normalized spacial score (nSPS) is 29.5. The number of hydrogen-bond acceptors (Lipinski definition) is 7. The lowest BCUT2D eigenvalue weighted by Crippen LogP contribution is -2.58. The van der Waals surface area contributed by atoms with Crippen LogP contribution in [0.25, 0.3) is 0 Å². The van der Waals surface area contributed by atoms with E-state index in [-0.39, 0.29) is 48.0 Å². The highest BCUT2D eigenvalue weighted by Crippen LogP contribution is 2.56. The average Bonchev–Trinajstić information content (AvgIpc) is 3.21. The fourth-order valence-corrected chi connectivity index (χ4v) is 11.0. The number of ether oxygens (including phenoxy) is 2. The van der Waals surface area contributed by atoms with Crippen LogP contribution in [0.2, 0.25) is 5.02 Å². The standard InChI is InChI=1S/C27H32ClF2NO6S2/c1-26(11-3-13-31(26)2)17-38(32,33)15-10-23-20-16-37-25-22(30)9-8-21(29)24(25)27(20,12-14-36-23)39(34,35)19-6-4-18(28)5-7-19/h4-9,20,23H,3,10-17H2,1-2H3/t20-,23-,26-,27-/m0/s1. The van der Waals surface area contributed by atoms with Gasteiger partial charge in [-0.3, -0.25) is 4.90 Å². The number of sulfone groups is 2. The van der Waals surface area contributed by atoms with Crippen LogP contribution in [0.4, 0.5) is 8.78 Å². The minimum atomic E-state index is -4.36. The Bertz CT molecular complexity index is 1470. The summed E-state index contributed by atoms with van der Waals surface area (Å²) in [7, 11) is -5.99. The first-order valence-electron chi connectivity index (χ1n) is 13.0. The minimum Gasteiger partial charge on any atom is -0.490 e. The van der Waals surface area contributed by atoms with E-state index in [1.165, 1.54) is 24.3 Å². The van der Waals surface area contributed by atoms with Gasteiger partial charge in [0.05, 0.1) is 34.7 Å². The molecule has 3 aliphatic rings. The molecular formula is C27H32ClF2NO6S2. The Labute approximate surface area is 233 Å². The third-order valence-corrected chi connectivity index (χ3v) is 13.5. The van der Waals surface area contributed by atoms with Gasteiger partial charge in [-0.1, -0.05) is 11.6 Å². The largest absolute Gasteiger partial charge is 0.490 e. The van der Waals surface area contributed by atoms with Crippen LogP contribution in [0.1, 0.15) is 38.2 Å². The topological polar surface area (TPSA) is 90.0 Å². The Hall–Kier alpha value is -1.79. The van der Waals surface area contributed by atoms with Crippen molar-refractivity contribution >= 4 is 31.3 Å². The second-order valence-corrected chi connectivity index (χ2v) is 15.9. The second-order valence-electron chi connectivity index (χ2n) is 11.1. The maximum absolute atomic E-state index is 15.5. The lowest BCUT2D eigenvalue weighted by atomic mass is 9.75. The molecule has 0 amide bonds. The molecule has 0 N–H and O–H groups in total. The van der Waals surface area contributed by atoms with E-state index in [1.807, 2.05) is 14.0 Å². The number of likely N-dealkylation sites (tertiary alicyclic amines) is 1. The van der Waals surface area contributed by atoms with E-state index in [0.717, 1.165) is 31.5 Å². The molecule has 2 fully saturated rings. The summed E-state index contributed by atoms with van der Waals surface area (Å²) >= 11 is 5.99. The van der Waals surface area contributed by atoms with Crippen molar-refractivity contribution < 1.29 is 35.1 Å². The van der Waals surface area contributed by atoms with E-state index in [2.05, 4.69) is 4.90 Å². The molecule has 0 aromatic heterocycles. The summed E-state index contributed by atoms with van der Waals surface area (Å²) in [5.41, 5.74) is -0.841. The van der Waals surface area contributed by atoms with Gasteiger partial charge in [0.15, 0.2) is 31.2 Å². The molecular weight excluding hydrogens is 572 g/mol. The summed E-state index contributed by atoms with van der Waals surface area (Å²) in [5.74, 6) is -3.44. The molecule has 214 valence electrons. The van der Waals surface area contributed by atoms with Crippen LogP contribution in [0.15, 0.2) is 41.3 Å². The molecule has 5 rings (SSSR count). The van der Waals surface area contributed by atoms with E-state index in [1.54, 1.807) is 0 Å². The van der Waals surface area contributed by atoms with Gasteiger partial charge >= 0.3 is 0 Å². The van der Waals surface area contributed by atoms with E-state index in [9.17, 15) is 21.2 Å². The Morgan fingerprint density at radius 1 is 1.05 bits per heavy atom. The number of hydrogen-bond donors (Lipinski definition) is 0. The van der Waals surface area contributed by atoms with Crippen molar-refractivity contribution in [1.29, 1.82) is 0 Å². The first-order valence-corrected chi connectivity index (χ1v) is 16.6. The van der Waals surface area contributed by atoms with E-state index < -0.39 is 59.4 Å². The maximum Gasteiger partial charge on any atom is 0.189 e. The number of benzene rings is 2. The van der Waals surface area contributed by atoms with Gasteiger partial charge in [-0.05, 0) is 82.6 Å². The van der Waals surface area contributed by atoms with E-state index in [4.69, 9.17) is 21.1 Å². The Balaban J connectivity index is 1.54. The molecule has 2 saturated heterocycles. The fraction of sp³-hybridized carbons (Fsp3) is 0.556. The van der Waals surface area contributed by atoms with Crippen molar-refractivity contribution in [3.63, 3.8) is 0 Å². The molecule has 0 unspecified atom stereocenters. The Morgan fingerprint density at radius 3 is 2.41 bits per heavy atom. The molecule has 12 heteroatoms. The molecule has 3 aliphatic heterocycles. The smallest absolute Gasteiger partial charge is 0.189 e. The van der Waals surface area contributed by atoms with E-state index >= 15 is 4.39 Å². The van der Waals surface area contributed by atoms with Crippen molar-refractivity contribution in [3.8, 4) is 5.75 Å². The Kier molecular flexibility index (Phi) is 7.54. The maximum atomic E-state index is 15.5. The van der Waals surface area contributed by atoms with Crippen LogP contribution >= 0.6 is 11.6 Å². The van der Waals surface area contributed by atoms with Crippen molar-refractivity contribution in [3.05, 3.63) is 58.6 Å². The van der Waals surface area contributed by atoms with Crippen LogP contribution in [0.5, 0.6) is 5.75 Å². The van der Waals surface area contributed by atoms with Crippen molar-refractivity contribution in [2.45, 2.75) is 53.9 Å². The molecule has 0 radical (unpaired) electrons. The van der Waals surface area contributed by atoms with Gasteiger partial charge < -0.3 is 9.47 Å². The third-order valence-electron chi connectivity index (χ3n) is 8.72. The zero-order valence-electron chi connectivity index (χ0n) is 21.8. The van der Waals surface area contributed by atoms with Crippen LogP contribution in [0.3, 0.4) is 0 Å². The average molecular weight is 604 g/mol. The SMILES string of the molecule is CN1CCC[C@@]1(C)CS(=O)(=O)CC[C@@H]1OCC[C@@]2(S(=O)(=O)c3ccc(Cl)cc3)c3c(F)ccc(F)c3OC[C@@H]12. The van der Waals surface area contributed by atoms with Gasteiger partial charge in [-0.25, -0.2) is 25.6 Å². The third kappa shape index (κ3) is 4.88. The number of nitrogens with zero attached hydrogens (tertiary/aromatic N) is 1. The number of rotatable bonds is 7. The summed E-state index contributed by atoms with van der Waals surface area (Å²) in [6.07, 6.45) is 0.662. The lowest BCUT2D eigenvalue weighted by molar-refractivity contribution is -0.0732. The Morgan fingerprint density at radius 2 is 1.74 bits per heavy atom. The molecule has 0 aliphatic carbocycles. The summed E-state index contributed by atoms with van der Waals surface area (Å²) in [6, 6.07) is 7.32. The van der Waals surface area contributed by atoms with Gasteiger partial charge in [0, 0.05) is 23.1 Å². The molecule has 0 bridgehead atoms. The zero-order chi connectivity index (χ0) is 28.2. The molecule has 0 spiro atoms. The van der Waals surface area contributed by atoms with Crippen LogP contribution < -0.4 is 4.74 Å². The van der Waals surface area contributed by atoms with Gasteiger partial charge in [0.25, 0.3) is 0 Å². The molecule has 0 saturated carbocycles. The molecule has 7 nitrogen and oxygen atoms in total. The second kappa shape index (κ2) is 10.2. The first-order chi connectivity index (χ1) is 18.3. The zero-order valence-corrected chi connectivity index (χ0v) is 24.2. The number of fused-ring (bicyclic) bond motifs is 3. The molecule has 3 heterocycles. The lowest BCUT2D eigenvalue weighted by Gasteiger charge is -2.50. The minimum absolute atomic E-state index is 0.000308. The van der Waals surface area contributed by atoms with Crippen LogP contribution in [0, 0.1) is 17.6 Å². The predicted molar refractivity (Wildman–Crippen MR) is 144 cm³/mol. The highest BCUT2D eigenvalue weighted by Gasteiger charge is 2.61. The highest BCUT2D eigenvalue weighted by atomic mass is 35.5. The van der Waals surface area contributed by atoms with Gasteiger partial charge in [0.2, 0.25) is 0 Å². The van der Waals surface area contributed by atoms with Gasteiger partial charge in [-0.2, -0.15) is 0 Å². The summed E-state index contributed by atoms with van der Waals surface area (Å²) in [6.45, 7) is 2.40. The molecule has 2 aromatic carbocycles. The summed E-state index contributed by atoms with van der Waals surface area (Å²) in [4.78, 5) is 1.95. The first kappa shape index (κ1) is 28.7. The molecule has 4 atom stereocenters. The van der Waals surface area contributed by atoms with Crippen molar-refractivity contribution in [1.82, 2.24) is 4.90 Å². The molecule has 39 heavy (non-hydrogen) atoms. The predicted octanol–water partition coefficient (Wildman–Crippen LogP) is 4.37. The highest BCUT2D eigenvalue weighted by molar-refractivity contribution is 7.92. The fourth-order valence-electron chi connectivity index (χ4n) is 6.52. The van der Waals surface area contributed by atoms with Gasteiger partial charge in [-0.15, -0.1) is 0 Å². The van der Waals surface area contributed by atoms with Gasteiger partial charge in [0.1, 0.15) is 10.6 Å². The van der Waals surface area contributed by atoms with Crippen LogP contribution in [-0.2, 0) is 29.2 Å². The quantitative estimate of drug-likeness (QED) is 0.464.